The van der Waals surface area contributed by atoms with Gasteiger partial charge >= 0.3 is 0 Å². The molecule has 3 aromatic rings. The lowest BCUT2D eigenvalue weighted by Crippen LogP contribution is -2.53. The molecule has 0 aliphatic carbocycles. The summed E-state index contributed by atoms with van der Waals surface area (Å²) in [4.78, 5) is 28.7. The van der Waals surface area contributed by atoms with E-state index in [1.165, 1.54) is 29.2 Å². The van der Waals surface area contributed by atoms with Crippen LogP contribution >= 0.6 is 0 Å². The van der Waals surface area contributed by atoms with Crippen LogP contribution in [0.4, 0.5) is 10.1 Å². The van der Waals surface area contributed by atoms with Gasteiger partial charge in [-0.3, -0.25) is 13.9 Å². The van der Waals surface area contributed by atoms with E-state index in [9.17, 15) is 22.4 Å². The van der Waals surface area contributed by atoms with Gasteiger partial charge in [-0.25, -0.2) is 12.8 Å². The van der Waals surface area contributed by atoms with Crippen LogP contribution in [-0.4, -0.2) is 50.9 Å². The number of ether oxygens (including phenoxy) is 1. The van der Waals surface area contributed by atoms with E-state index in [1.807, 2.05) is 13.8 Å². The number of carbonyl (C=O) groups excluding carboxylic acids is 2. The molecule has 0 bridgehead atoms. The number of hydrogen-bond acceptors (Lipinski definition) is 5. The standard InChI is InChI=1S/C30H36FN3O5S/c1-5-22(3)32-30(36)28(6-2)33(20-23-12-18-26(39-4)19-13-23)29(35)21-34(25-16-14-24(31)15-17-25)40(37,38)27-10-8-7-9-11-27/h7-19,22,28H,5-6,20-21H2,1-4H3,(H,32,36)/t22-,28-/m0/s1. The number of anilines is 1. The van der Waals surface area contributed by atoms with Crippen molar-refractivity contribution in [2.24, 2.45) is 0 Å². The van der Waals surface area contributed by atoms with Crippen molar-refractivity contribution >= 4 is 27.5 Å². The Morgan fingerprint density at radius 2 is 1.55 bits per heavy atom. The second-order valence-electron chi connectivity index (χ2n) is 9.41. The van der Waals surface area contributed by atoms with E-state index in [2.05, 4.69) is 5.32 Å². The molecule has 0 saturated heterocycles. The molecule has 214 valence electrons. The predicted molar refractivity (Wildman–Crippen MR) is 153 cm³/mol. The molecule has 0 radical (unpaired) electrons. The van der Waals surface area contributed by atoms with Crippen molar-refractivity contribution in [3.8, 4) is 5.75 Å². The van der Waals surface area contributed by atoms with Gasteiger partial charge in [0.25, 0.3) is 10.0 Å². The van der Waals surface area contributed by atoms with E-state index >= 15 is 0 Å². The minimum Gasteiger partial charge on any atom is -0.497 e. The molecule has 40 heavy (non-hydrogen) atoms. The van der Waals surface area contributed by atoms with Crippen LogP contribution in [0.15, 0.2) is 83.8 Å². The average molecular weight is 570 g/mol. The van der Waals surface area contributed by atoms with Gasteiger partial charge < -0.3 is 15.0 Å². The summed E-state index contributed by atoms with van der Waals surface area (Å²) < 4.78 is 47.4. The van der Waals surface area contributed by atoms with Crippen LogP contribution in [0.2, 0.25) is 0 Å². The lowest BCUT2D eigenvalue weighted by atomic mass is 10.1. The fourth-order valence-corrected chi connectivity index (χ4v) is 5.58. The topological polar surface area (TPSA) is 96.0 Å². The van der Waals surface area contributed by atoms with Crippen LogP contribution in [0.25, 0.3) is 0 Å². The van der Waals surface area contributed by atoms with Crippen LogP contribution in [0, 0.1) is 5.82 Å². The molecule has 0 aliphatic rings. The van der Waals surface area contributed by atoms with Crippen LogP contribution in [0.1, 0.15) is 39.2 Å². The van der Waals surface area contributed by atoms with Crippen molar-refractivity contribution < 1.29 is 27.1 Å². The van der Waals surface area contributed by atoms with Gasteiger partial charge in [0.05, 0.1) is 17.7 Å². The van der Waals surface area contributed by atoms with Gasteiger partial charge in [0.2, 0.25) is 11.8 Å². The first-order valence-electron chi connectivity index (χ1n) is 13.2. The van der Waals surface area contributed by atoms with Gasteiger partial charge in [0.1, 0.15) is 24.2 Å². The van der Waals surface area contributed by atoms with E-state index < -0.39 is 34.3 Å². The lowest BCUT2D eigenvalue weighted by molar-refractivity contribution is -0.140. The number of amides is 2. The molecule has 0 spiro atoms. The smallest absolute Gasteiger partial charge is 0.264 e. The highest BCUT2D eigenvalue weighted by Gasteiger charge is 2.34. The first-order chi connectivity index (χ1) is 19.1. The Labute approximate surface area is 235 Å². The number of halogens is 1. The van der Waals surface area contributed by atoms with Gasteiger partial charge in [0.15, 0.2) is 0 Å². The molecule has 0 aliphatic heterocycles. The number of sulfonamides is 1. The molecule has 0 unspecified atom stereocenters. The molecule has 2 atom stereocenters. The Hall–Kier alpha value is -3.92. The van der Waals surface area contributed by atoms with Gasteiger partial charge in [-0.1, -0.05) is 44.2 Å². The van der Waals surface area contributed by atoms with Crippen molar-refractivity contribution in [2.45, 2.75) is 57.1 Å². The first kappa shape index (κ1) is 30.6. The minimum absolute atomic E-state index is 0.0182. The summed E-state index contributed by atoms with van der Waals surface area (Å²) in [7, 11) is -2.66. The number of carbonyl (C=O) groups is 2. The third-order valence-electron chi connectivity index (χ3n) is 6.62. The highest BCUT2D eigenvalue weighted by molar-refractivity contribution is 7.92. The molecule has 2 amide bonds. The van der Waals surface area contributed by atoms with Gasteiger partial charge in [0, 0.05) is 12.6 Å². The maximum Gasteiger partial charge on any atom is 0.264 e. The molecule has 3 rings (SSSR count). The molecule has 0 aromatic heterocycles. The minimum atomic E-state index is -4.21. The average Bonchev–Trinajstić information content (AvgIpc) is 2.96. The molecule has 10 heteroatoms. The van der Waals surface area contributed by atoms with Crippen molar-refractivity contribution in [1.29, 1.82) is 0 Å². The maximum atomic E-state index is 14.0. The van der Waals surface area contributed by atoms with Crippen molar-refractivity contribution in [3.05, 3.63) is 90.2 Å². The molecule has 3 aromatic carbocycles. The number of nitrogens with one attached hydrogen (secondary N) is 1. The molecule has 8 nitrogen and oxygen atoms in total. The molecule has 0 saturated carbocycles. The van der Waals surface area contributed by atoms with Gasteiger partial charge in [-0.15, -0.1) is 0 Å². The summed E-state index contributed by atoms with van der Waals surface area (Å²) in [6, 6.07) is 18.7. The van der Waals surface area contributed by atoms with E-state index in [4.69, 9.17) is 4.74 Å². The summed E-state index contributed by atoms with van der Waals surface area (Å²) in [5.41, 5.74) is 0.864. The van der Waals surface area contributed by atoms with Crippen LogP contribution in [0.3, 0.4) is 0 Å². The molecular formula is C30H36FN3O5S. The first-order valence-corrected chi connectivity index (χ1v) is 14.6. The zero-order valence-corrected chi connectivity index (χ0v) is 24.0. The van der Waals surface area contributed by atoms with Crippen molar-refractivity contribution in [2.75, 3.05) is 18.0 Å². The number of methoxy groups -OCH3 is 1. The predicted octanol–water partition coefficient (Wildman–Crippen LogP) is 4.75. The molecular weight excluding hydrogens is 533 g/mol. The zero-order valence-electron chi connectivity index (χ0n) is 23.2. The second-order valence-corrected chi connectivity index (χ2v) is 11.3. The molecule has 0 heterocycles. The molecule has 1 N–H and O–H groups in total. The number of benzene rings is 3. The van der Waals surface area contributed by atoms with Crippen molar-refractivity contribution in [1.82, 2.24) is 10.2 Å². The quantitative estimate of drug-likeness (QED) is 0.321. The maximum absolute atomic E-state index is 14.0. The lowest BCUT2D eigenvalue weighted by Gasteiger charge is -2.33. The van der Waals surface area contributed by atoms with Crippen LogP contribution in [0.5, 0.6) is 5.75 Å². The Morgan fingerprint density at radius 1 is 0.925 bits per heavy atom. The fourth-order valence-electron chi connectivity index (χ4n) is 4.14. The normalized spacial score (nSPS) is 12.7. The largest absolute Gasteiger partial charge is 0.497 e. The Balaban J connectivity index is 2.03. The third kappa shape index (κ3) is 7.59. The summed E-state index contributed by atoms with van der Waals surface area (Å²) in [6.07, 6.45) is 1.02. The number of rotatable bonds is 13. The van der Waals surface area contributed by atoms with E-state index in [0.717, 1.165) is 22.0 Å². The summed E-state index contributed by atoms with van der Waals surface area (Å²) in [6.45, 7) is 5.10. The summed E-state index contributed by atoms with van der Waals surface area (Å²) in [5.74, 6) is -0.801. The van der Waals surface area contributed by atoms with Gasteiger partial charge in [-0.05, 0) is 73.9 Å². The van der Waals surface area contributed by atoms with Crippen molar-refractivity contribution in [3.63, 3.8) is 0 Å². The SMILES string of the molecule is CC[C@H](C)NC(=O)[C@H](CC)N(Cc1ccc(OC)cc1)C(=O)CN(c1ccc(F)cc1)S(=O)(=O)c1ccccc1. The fraction of sp³-hybridized carbons (Fsp3) is 0.333. The van der Waals surface area contributed by atoms with Crippen LogP contribution in [-0.2, 0) is 26.2 Å². The second kappa shape index (κ2) is 13.9. The van der Waals surface area contributed by atoms with E-state index in [1.54, 1.807) is 56.5 Å². The molecule has 0 fully saturated rings. The highest BCUT2D eigenvalue weighted by atomic mass is 32.2. The zero-order chi connectivity index (χ0) is 29.3. The van der Waals surface area contributed by atoms with Gasteiger partial charge in [-0.2, -0.15) is 0 Å². The van der Waals surface area contributed by atoms with Crippen LogP contribution < -0.4 is 14.4 Å². The van der Waals surface area contributed by atoms with E-state index in [-0.39, 0.29) is 29.1 Å². The Kier molecular flexibility index (Phi) is 10.7. The summed E-state index contributed by atoms with van der Waals surface area (Å²) >= 11 is 0. The third-order valence-corrected chi connectivity index (χ3v) is 8.41. The Bertz CT molecular complexity index is 1370. The Morgan fingerprint density at radius 3 is 2.10 bits per heavy atom. The number of hydrogen-bond donors (Lipinski definition) is 1. The highest BCUT2D eigenvalue weighted by Crippen LogP contribution is 2.25. The monoisotopic (exact) mass is 569 g/mol. The van der Waals surface area contributed by atoms with E-state index in [0.29, 0.717) is 18.6 Å². The summed E-state index contributed by atoms with van der Waals surface area (Å²) in [5, 5.41) is 2.94. The number of nitrogens with zero attached hydrogens (tertiary/aromatic N) is 2.